The van der Waals surface area contributed by atoms with E-state index in [-0.39, 0.29) is 412 Å². The average molecular weight is 625 g/mol. The largest absolute Gasteiger partial charge is 2.00 e. The molecule has 0 aromatic heterocycles. The smallest absolute Gasteiger partial charge is 1.00 e. The van der Waals surface area contributed by atoms with Crippen molar-refractivity contribution in [2.75, 3.05) is 0 Å². The van der Waals surface area contributed by atoms with Crippen LogP contribution in [0.3, 0.4) is 0 Å². The summed E-state index contributed by atoms with van der Waals surface area (Å²) < 4.78 is 0. The Balaban J connectivity index is 0. The Labute approximate surface area is 402 Å². The molecule has 0 bridgehead atoms. The molecule has 32 N–H and O–H groups in total. The number of hydrogen-bond donors (Lipinski definition) is 0. The Morgan fingerprint density at radius 1 is 0.125 bits per heavy atom. The van der Waals surface area contributed by atoms with Gasteiger partial charge in [0.2, 0.25) is 0 Å². The molecule has 0 fully saturated rings. The maximum atomic E-state index is 0. The van der Waals surface area contributed by atoms with E-state index in [0.717, 1.165) is 0 Å². The first kappa shape index (κ1) is 395. The first-order valence-corrected chi connectivity index (χ1v) is 0. The zero-order chi connectivity index (χ0) is 0. The standard InChI is InChI=1S/8Ca.16H2O.16H/h;;;;;;;;16*1H2;;;;;;;;;;;;;;;;/q8*+2;;;;;;;;;;;;;;;;;16*-1. The Bertz CT molecular complexity index is 60.9. The minimum atomic E-state index is 0. The molecule has 0 spiro atoms. The zero-order valence-electron chi connectivity index (χ0n) is 29.7. The molecule has 0 radical (unpaired) electrons. The van der Waals surface area contributed by atoms with Gasteiger partial charge in [-0.15, -0.1) is 0 Å². The summed E-state index contributed by atoms with van der Waals surface area (Å²) in [4.78, 5) is 0. The first-order chi connectivity index (χ1) is 0. The number of rotatable bonds is 0. The van der Waals surface area contributed by atoms with E-state index in [1.165, 1.54) is 0 Å². The van der Waals surface area contributed by atoms with Crippen LogP contribution in [0.15, 0.2) is 0 Å². The summed E-state index contributed by atoms with van der Waals surface area (Å²) in [6, 6.07) is 0. The molecule has 0 aromatic carbocycles. The third-order valence-electron chi connectivity index (χ3n) is 0. The Kier molecular flexibility index (Phi) is 5920. The molecule has 16 nitrogen and oxygen atoms in total. The molecule has 0 aliphatic carbocycles. The second-order valence-electron chi connectivity index (χ2n) is 0. The van der Waals surface area contributed by atoms with Crippen molar-refractivity contribution in [2.45, 2.75) is 0 Å². The molecule has 160 valence electrons. The fraction of sp³-hybridized carbons (Fsp3) is 0. The van der Waals surface area contributed by atoms with Crippen LogP contribution in [-0.4, -0.2) is 390 Å². The minimum absolute atomic E-state index is 0. The van der Waals surface area contributed by atoms with Gasteiger partial charge >= 0.3 is 302 Å². The van der Waals surface area contributed by atoms with Gasteiger partial charge < -0.3 is 110 Å². The van der Waals surface area contributed by atoms with Crippen molar-refractivity contribution in [3.05, 3.63) is 0 Å². The van der Waals surface area contributed by atoms with Crippen molar-refractivity contribution < 1.29 is 110 Å². The monoisotopic (exact) mass is 624 g/mol. The van der Waals surface area contributed by atoms with Crippen molar-refractivity contribution in [3.63, 3.8) is 0 Å². The maximum absolute atomic E-state index is 0. The fourth-order valence-corrected chi connectivity index (χ4v) is 0. The van der Waals surface area contributed by atoms with Crippen molar-refractivity contribution in [1.82, 2.24) is 0 Å². The van der Waals surface area contributed by atoms with Crippen molar-refractivity contribution in [1.29, 1.82) is 0 Å². The van der Waals surface area contributed by atoms with Crippen molar-refractivity contribution >= 4 is 302 Å². The van der Waals surface area contributed by atoms with E-state index in [0.29, 0.717) is 0 Å². The van der Waals surface area contributed by atoms with Crippen LogP contribution in [0.4, 0.5) is 0 Å². The number of hydrogen-bond acceptors (Lipinski definition) is 0. The van der Waals surface area contributed by atoms with E-state index in [1.807, 2.05) is 0 Å². The van der Waals surface area contributed by atoms with Gasteiger partial charge in [0.25, 0.3) is 0 Å². The SMILES string of the molecule is O.O.O.O.O.O.O.O.O.O.O.O.O.O.O.O.[Ca+2].[Ca+2].[Ca+2].[Ca+2].[Ca+2].[Ca+2].[Ca+2].[Ca+2].[H-].[H-].[H-].[H-].[H-].[H-].[H-].[H-].[H-].[H-].[H-].[H-].[H-].[H-].[H-].[H-]. The summed E-state index contributed by atoms with van der Waals surface area (Å²) in [7, 11) is 0. The fourth-order valence-electron chi connectivity index (χ4n) is 0. The molecule has 0 saturated heterocycles. The van der Waals surface area contributed by atoms with Gasteiger partial charge in [0.15, 0.2) is 0 Å². The molecule has 0 atom stereocenters. The molecule has 0 heterocycles. The topological polar surface area (TPSA) is 504 Å². The summed E-state index contributed by atoms with van der Waals surface area (Å²) >= 11 is 0. The summed E-state index contributed by atoms with van der Waals surface area (Å²) in [5, 5.41) is 0. The molecule has 0 aliphatic rings. The summed E-state index contributed by atoms with van der Waals surface area (Å²) in [5.41, 5.74) is 0. The van der Waals surface area contributed by atoms with Crippen LogP contribution >= 0.6 is 0 Å². The van der Waals surface area contributed by atoms with Crippen LogP contribution in [0.5, 0.6) is 0 Å². The summed E-state index contributed by atoms with van der Waals surface area (Å²) in [6.45, 7) is 0. The van der Waals surface area contributed by atoms with Gasteiger partial charge in [0, 0.05) is 0 Å². The molecule has 0 aromatic rings. The van der Waals surface area contributed by atoms with E-state index in [9.17, 15) is 0 Å². The van der Waals surface area contributed by atoms with Gasteiger partial charge in [-0.2, -0.15) is 0 Å². The predicted octanol–water partition coefficient (Wildman–Crippen LogP) is -14.4. The minimum Gasteiger partial charge on any atom is -1.00 e. The second-order valence-corrected chi connectivity index (χ2v) is 0. The van der Waals surface area contributed by atoms with E-state index < -0.39 is 0 Å². The van der Waals surface area contributed by atoms with Crippen LogP contribution in [0.1, 0.15) is 22.8 Å². The summed E-state index contributed by atoms with van der Waals surface area (Å²) in [6.07, 6.45) is 0. The van der Waals surface area contributed by atoms with Gasteiger partial charge in [-0.05, 0) is 0 Å². The van der Waals surface area contributed by atoms with Crippen LogP contribution in [-0.2, 0) is 0 Å². The molecular formula is H48Ca8O16. The van der Waals surface area contributed by atoms with Gasteiger partial charge in [0.05, 0.1) is 0 Å². The normalized spacial score (nSPS) is 0. The van der Waals surface area contributed by atoms with Crippen molar-refractivity contribution in [3.8, 4) is 0 Å². The zero-order valence-corrected chi connectivity index (χ0v) is 31.3. The maximum Gasteiger partial charge on any atom is 2.00 e. The van der Waals surface area contributed by atoms with Crippen LogP contribution < -0.4 is 0 Å². The van der Waals surface area contributed by atoms with Crippen LogP contribution in [0.25, 0.3) is 0 Å². The van der Waals surface area contributed by atoms with E-state index >= 15 is 0 Å². The van der Waals surface area contributed by atoms with Gasteiger partial charge in [-0.3, -0.25) is 0 Å². The Hall–Kier alpha value is 9.44. The molecular weight excluding hydrogens is 577 g/mol. The predicted molar refractivity (Wildman–Crippen MR) is 122 cm³/mol. The van der Waals surface area contributed by atoms with E-state index in [1.54, 1.807) is 0 Å². The molecule has 0 amide bonds. The molecule has 0 saturated carbocycles. The average Bonchev–Trinajstić information content (AvgIpc) is 0. The molecule has 0 unspecified atom stereocenters. The second kappa shape index (κ2) is 360. The molecule has 0 rings (SSSR count). The quantitative estimate of drug-likeness (QED) is 0.226. The Morgan fingerprint density at radius 2 is 0.125 bits per heavy atom. The van der Waals surface area contributed by atoms with E-state index in [4.69, 9.17) is 0 Å². The molecule has 24 heteroatoms. The third-order valence-corrected chi connectivity index (χ3v) is 0. The van der Waals surface area contributed by atoms with Gasteiger partial charge in [-0.1, -0.05) is 0 Å². The Morgan fingerprint density at radius 3 is 0.125 bits per heavy atom. The van der Waals surface area contributed by atoms with Gasteiger partial charge in [0.1, 0.15) is 0 Å². The van der Waals surface area contributed by atoms with E-state index in [2.05, 4.69) is 0 Å². The molecule has 0 aliphatic heterocycles. The van der Waals surface area contributed by atoms with Crippen molar-refractivity contribution in [2.24, 2.45) is 0 Å². The van der Waals surface area contributed by atoms with Gasteiger partial charge in [-0.25, -0.2) is 0 Å². The summed E-state index contributed by atoms with van der Waals surface area (Å²) in [5.74, 6) is 0. The first-order valence-electron chi connectivity index (χ1n) is 0. The molecule has 24 heavy (non-hydrogen) atoms. The van der Waals surface area contributed by atoms with Crippen LogP contribution in [0, 0.1) is 0 Å². The third kappa shape index (κ3) is 327. The van der Waals surface area contributed by atoms with Crippen LogP contribution in [0.2, 0.25) is 0 Å².